The normalized spacial score (nSPS) is 10.7. The van der Waals surface area contributed by atoms with E-state index >= 15 is 0 Å². The molecule has 0 unspecified atom stereocenters. The lowest BCUT2D eigenvalue weighted by Gasteiger charge is -2.04. The molecule has 0 atom stereocenters. The lowest BCUT2D eigenvalue weighted by molar-refractivity contribution is -0.142. The molecule has 2 aromatic rings. The molecule has 0 aromatic carbocycles. The first-order valence-corrected chi connectivity index (χ1v) is 5.87. The van der Waals surface area contributed by atoms with Crippen LogP contribution in [0.25, 0.3) is 11.1 Å². The van der Waals surface area contributed by atoms with Gasteiger partial charge in [0.25, 0.3) is 11.6 Å². The van der Waals surface area contributed by atoms with Crippen LogP contribution in [0.1, 0.15) is 16.1 Å². The van der Waals surface area contributed by atoms with Crippen LogP contribution in [0.15, 0.2) is 16.8 Å². The molecule has 2 aromatic heterocycles. The van der Waals surface area contributed by atoms with Gasteiger partial charge in [-0.1, -0.05) is 5.16 Å². The minimum absolute atomic E-state index is 0.125. The number of ether oxygens (including phenoxy) is 1. The Kier molecular flexibility index (Phi) is 4.26. The Balaban J connectivity index is 1.90. The molecule has 1 amide bonds. The zero-order valence-electron chi connectivity index (χ0n) is 10.8. The van der Waals surface area contributed by atoms with Crippen LogP contribution in [-0.4, -0.2) is 46.9 Å². The molecule has 0 aliphatic heterocycles. The van der Waals surface area contributed by atoms with Crippen molar-refractivity contribution in [3.63, 3.8) is 0 Å². The fraction of sp³-hybridized carbons (Fsp3) is 0.333. The quantitative estimate of drug-likeness (QED) is 0.733. The van der Waals surface area contributed by atoms with Gasteiger partial charge in [0.1, 0.15) is 6.61 Å². The van der Waals surface area contributed by atoms with E-state index in [1.807, 2.05) is 0 Å². The lowest BCUT2D eigenvalue weighted by Crippen LogP contribution is -2.28. The van der Waals surface area contributed by atoms with Crippen LogP contribution in [0.2, 0.25) is 0 Å². The number of pyridine rings is 1. The van der Waals surface area contributed by atoms with Crippen LogP contribution in [0.4, 0.5) is 0 Å². The zero-order valence-corrected chi connectivity index (χ0v) is 10.8. The Bertz CT molecular complexity index is 637. The van der Waals surface area contributed by atoms with Crippen LogP contribution < -0.4 is 5.32 Å². The minimum atomic E-state index is -1.05. The van der Waals surface area contributed by atoms with E-state index in [9.17, 15) is 9.59 Å². The van der Waals surface area contributed by atoms with Crippen molar-refractivity contribution in [1.82, 2.24) is 15.5 Å². The van der Waals surface area contributed by atoms with E-state index in [0.29, 0.717) is 22.4 Å². The number of aryl methyl sites for hydroxylation is 1. The van der Waals surface area contributed by atoms with Crippen LogP contribution in [0.5, 0.6) is 0 Å². The van der Waals surface area contributed by atoms with Crippen molar-refractivity contribution in [3.8, 4) is 0 Å². The topological polar surface area (TPSA) is 115 Å². The molecule has 106 valence electrons. The first kappa shape index (κ1) is 13.9. The van der Waals surface area contributed by atoms with Crippen LogP contribution in [-0.2, 0) is 9.53 Å². The van der Waals surface area contributed by atoms with E-state index in [-0.39, 0.29) is 25.7 Å². The predicted octanol–water partition coefficient (Wildman–Crippen LogP) is 0.362. The molecule has 0 saturated heterocycles. The maximum atomic E-state index is 11.8. The number of rotatable bonds is 6. The first-order valence-electron chi connectivity index (χ1n) is 5.87. The molecule has 0 bridgehead atoms. The molecule has 0 aliphatic carbocycles. The summed E-state index contributed by atoms with van der Waals surface area (Å²) < 4.78 is 9.75. The van der Waals surface area contributed by atoms with Gasteiger partial charge in [-0.05, 0) is 13.0 Å². The van der Waals surface area contributed by atoms with Crippen molar-refractivity contribution in [2.24, 2.45) is 0 Å². The summed E-state index contributed by atoms with van der Waals surface area (Å²) in [7, 11) is 0. The van der Waals surface area contributed by atoms with Gasteiger partial charge in [0, 0.05) is 12.7 Å². The number of carboxylic acids is 1. The van der Waals surface area contributed by atoms with Gasteiger partial charge in [-0.2, -0.15) is 0 Å². The highest BCUT2D eigenvalue weighted by Crippen LogP contribution is 2.16. The number of carbonyl (C=O) groups excluding carboxylic acids is 1. The van der Waals surface area contributed by atoms with Gasteiger partial charge in [0.2, 0.25) is 0 Å². The molecule has 2 rings (SSSR count). The summed E-state index contributed by atoms with van der Waals surface area (Å²) in [5.41, 5.74) is 1.41. The number of nitrogens with zero attached hydrogens (tertiary/aromatic N) is 2. The number of fused-ring (bicyclic) bond motifs is 1. The molecule has 0 spiro atoms. The Morgan fingerprint density at radius 1 is 1.50 bits per heavy atom. The van der Waals surface area contributed by atoms with E-state index in [1.165, 1.54) is 6.20 Å². The highest BCUT2D eigenvalue weighted by atomic mass is 16.5. The highest BCUT2D eigenvalue weighted by Gasteiger charge is 2.11. The molecule has 0 aliphatic rings. The number of aliphatic carboxylic acids is 1. The first-order chi connectivity index (χ1) is 9.58. The largest absolute Gasteiger partial charge is 0.480 e. The second kappa shape index (κ2) is 6.11. The number of amides is 1. The van der Waals surface area contributed by atoms with Gasteiger partial charge < -0.3 is 19.7 Å². The van der Waals surface area contributed by atoms with Gasteiger partial charge in [0.05, 0.1) is 23.3 Å². The maximum Gasteiger partial charge on any atom is 0.329 e. The predicted molar refractivity (Wildman–Crippen MR) is 67.3 cm³/mol. The van der Waals surface area contributed by atoms with Crippen molar-refractivity contribution in [1.29, 1.82) is 0 Å². The van der Waals surface area contributed by atoms with E-state index in [4.69, 9.17) is 14.4 Å². The number of hydrogen-bond acceptors (Lipinski definition) is 6. The maximum absolute atomic E-state index is 11.8. The van der Waals surface area contributed by atoms with E-state index < -0.39 is 5.97 Å². The molecule has 8 heteroatoms. The van der Waals surface area contributed by atoms with Crippen molar-refractivity contribution in [2.45, 2.75) is 6.92 Å². The molecule has 2 heterocycles. The Morgan fingerprint density at radius 3 is 3.05 bits per heavy atom. The average Bonchev–Trinajstić information content (AvgIpc) is 2.79. The van der Waals surface area contributed by atoms with Gasteiger partial charge >= 0.3 is 5.97 Å². The van der Waals surface area contributed by atoms with Gasteiger partial charge in [0.15, 0.2) is 0 Å². The fourth-order valence-corrected chi connectivity index (χ4v) is 1.57. The molecule has 20 heavy (non-hydrogen) atoms. The summed E-state index contributed by atoms with van der Waals surface area (Å²) >= 11 is 0. The molecular formula is C12H13N3O5. The summed E-state index contributed by atoms with van der Waals surface area (Å²) in [4.78, 5) is 26.0. The Labute approximate surface area is 113 Å². The Morgan fingerprint density at radius 2 is 2.30 bits per heavy atom. The molecular weight excluding hydrogens is 266 g/mol. The van der Waals surface area contributed by atoms with Crippen molar-refractivity contribution in [3.05, 3.63) is 23.5 Å². The molecule has 0 fully saturated rings. The van der Waals surface area contributed by atoms with E-state index in [2.05, 4.69) is 15.5 Å². The standard InChI is InChI=1S/C12H13N3O5/c1-7-9-4-8(5-14-12(9)20-15-7)11(18)13-2-3-19-6-10(16)17/h4-5H,2-3,6H2,1H3,(H,13,18)(H,16,17). The van der Waals surface area contributed by atoms with Crippen LogP contribution in [0.3, 0.4) is 0 Å². The molecule has 8 nitrogen and oxygen atoms in total. The minimum Gasteiger partial charge on any atom is -0.480 e. The van der Waals surface area contributed by atoms with Crippen molar-refractivity contribution >= 4 is 23.0 Å². The smallest absolute Gasteiger partial charge is 0.329 e. The molecule has 2 N–H and O–H groups in total. The average molecular weight is 279 g/mol. The molecule has 0 saturated carbocycles. The number of carboxylic acid groups (broad SMARTS) is 1. The summed E-state index contributed by atoms with van der Waals surface area (Å²) in [6, 6.07) is 1.64. The number of nitrogens with one attached hydrogen (secondary N) is 1. The fourth-order valence-electron chi connectivity index (χ4n) is 1.57. The summed E-state index contributed by atoms with van der Waals surface area (Å²) in [5.74, 6) is -1.37. The van der Waals surface area contributed by atoms with Gasteiger partial charge in [-0.3, -0.25) is 4.79 Å². The highest BCUT2D eigenvalue weighted by molar-refractivity contribution is 5.96. The number of carbonyl (C=O) groups is 2. The number of aromatic nitrogens is 2. The summed E-state index contributed by atoms with van der Waals surface area (Å²) in [6.45, 7) is 1.71. The third-order valence-corrected chi connectivity index (χ3v) is 2.53. The number of hydrogen-bond donors (Lipinski definition) is 2. The SMILES string of the molecule is Cc1noc2ncc(C(=O)NCCOCC(=O)O)cc12. The van der Waals surface area contributed by atoms with Crippen molar-refractivity contribution < 1.29 is 24.0 Å². The van der Waals surface area contributed by atoms with Crippen LogP contribution in [0, 0.1) is 6.92 Å². The van der Waals surface area contributed by atoms with Crippen molar-refractivity contribution in [2.75, 3.05) is 19.8 Å². The zero-order chi connectivity index (χ0) is 14.5. The third-order valence-electron chi connectivity index (χ3n) is 2.53. The second-order valence-electron chi connectivity index (χ2n) is 4.05. The summed E-state index contributed by atoms with van der Waals surface area (Å²) in [6.07, 6.45) is 1.39. The summed E-state index contributed by atoms with van der Waals surface area (Å²) in [5, 5.41) is 15.4. The van der Waals surface area contributed by atoms with E-state index in [1.54, 1.807) is 13.0 Å². The second-order valence-corrected chi connectivity index (χ2v) is 4.05. The monoisotopic (exact) mass is 279 g/mol. The molecule has 0 radical (unpaired) electrons. The Hall–Kier alpha value is -2.48. The van der Waals surface area contributed by atoms with Crippen LogP contribution >= 0.6 is 0 Å². The van der Waals surface area contributed by atoms with Gasteiger partial charge in [-0.15, -0.1) is 0 Å². The van der Waals surface area contributed by atoms with Gasteiger partial charge in [-0.25, -0.2) is 9.78 Å². The lowest BCUT2D eigenvalue weighted by atomic mass is 10.2. The van der Waals surface area contributed by atoms with E-state index in [0.717, 1.165) is 0 Å². The third kappa shape index (κ3) is 3.29.